The highest BCUT2D eigenvalue weighted by Gasteiger charge is 2.12. The van der Waals surface area contributed by atoms with Crippen molar-refractivity contribution in [1.29, 1.82) is 5.26 Å². The molecule has 0 aliphatic heterocycles. The number of nitrogens with zero attached hydrogens (tertiary/aromatic N) is 1. The molecule has 0 aliphatic carbocycles. The zero-order valence-electron chi connectivity index (χ0n) is 7.44. The summed E-state index contributed by atoms with van der Waals surface area (Å²) in [5.41, 5.74) is 0.472. The third kappa shape index (κ3) is 1.07. The number of hydrogen-bond acceptors (Lipinski definition) is 4. The molecular formula is C10H7NO3. The van der Waals surface area contributed by atoms with Crippen LogP contribution in [-0.4, -0.2) is 12.2 Å². The van der Waals surface area contributed by atoms with E-state index in [0.29, 0.717) is 16.7 Å². The van der Waals surface area contributed by atoms with Crippen LogP contribution in [0.25, 0.3) is 11.0 Å². The van der Waals surface area contributed by atoms with Gasteiger partial charge in [-0.3, -0.25) is 0 Å². The first-order valence-corrected chi connectivity index (χ1v) is 3.96. The maximum atomic E-state index is 9.54. The monoisotopic (exact) mass is 189 g/mol. The average Bonchev–Trinajstić information content (AvgIpc) is 2.55. The molecule has 0 unspecified atom stereocenters. The van der Waals surface area contributed by atoms with Crippen LogP contribution in [0.1, 0.15) is 5.76 Å². The summed E-state index contributed by atoms with van der Waals surface area (Å²) in [5, 5.41) is 18.6. The van der Waals surface area contributed by atoms with E-state index in [9.17, 15) is 5.11 Å². The van der Waals surface area contributed by atoms with Crippen molar-refractivity contribution in [2.24, 2.45) is 0 Å². The van der Waals surface area contributed by atoms with Gasteiger partial charge in [-0.25, -0.2) is 0 Å². The van der Waals surface area contributed by atoms with Gasteiger partial charge in [0.2, 0.25) is 5.76 Å². The molecule has 14 heavy (non-hydrogen) atoms. The number of rotatable bonds is 1. The molecule has 0 radical (unpaired) electrons. The summed E-state index contributed by atoms with van der Waals surface area (Å²) in [6, 6.07) is 6.73. The first kappa shape index (κ1) is 8.45. The van der Waals surface area contributed by atoms with Crippen molar-refractivity contribution in [1.82, 2.24) is 0 Å². The molecule has 0 fully saturated rings. The van der Waals surface area contributed by atoms with Crippen molar-refractivity contribution < 1.29 is 14.3 Å². The van der Waals surface area contributed by atoms with E-state index in [-0.39, 0.29) is 11.5 Å². The van der Waals surface area contributed by atoms with Crippen LogP contribution in [0.5, 0.6) is 11.5 Å². The molecule has 1 heterocycles. The SMILES string of the molecule is COc1ccc2oc(C#N)c(O)c2c1. The molecule has 0 saturated carbocycles. The molecule has 2 aromatic rings. The number of hydrogen-bond donors (Lipinski definition) is 1. The Hall–Kier alpha value is -2.15. The Morgan fingerprint density at radius 3 is 2.93 bits per heavy atom. The number of aromatic hydroxyl groups is 1. The van der Waals surface area contributed by atoms with Gasteiger partial charge in [0.05, 0.1) is 12.5 Å². The van der Waals surface area contributed by atoms with Crippen LogP contribution in [0, 0.1) is 11.3 Å². The highest BCUT2D eigenvalue weighted by Crippen LogP contribution is 2.33. The minimum absolute atomic E-state index is 0.0757. The quantitative estimate of drug-likeness (QED) is 0.745. The van der Waals surface area contributed by atoms with Crippen LogP contribution in [-0.2, 0) is 0 Å². The Morgan fingerprint density at radius 2 is 2.29 bits per heavy atom. The van der Waals surface area contributed by atoms with Gasteiger partial charge >= 0.3 is 0 Å². The number of methoxy groups -OCH3 is 1. The summed E-state index contributed by atoms with van der Waals surface area (Å²) < 4.78 is 10.1. The Kier molecular flexibility index (Phi) is 1.79. The molecule has 4 nitrogen and oxygen atoms in total. The van der Waals surface area contributed by atoms with Crippen LogP contribution in [0.2, 0.25) is 0 Å². The Balaban J connectivity index is 2.76. The summed E-state index contributed by atoms with van der Waals surface area (Å²) in [4.78, 5) is 0. The number of fused-ring (bicyclic) bond motifs is 1. The summed E-state index contributed by atoms with van der Waals surface area (Å²) >= 11 is 0. The highest BCUT2D eigenvalue weighted by molar-refractivity contribution is 5.87. The first-order valence-electron chi connectivity index (χ1n) is 3.96. The fourth-order valence-corrected chi connectivity index (χ4v) is 1.27. The van der Waals surface area contributed by atoms with E-state index < -0.39 is 0 Å². The Labute approximate surface area is 79.9 Å². The van der Waals surface area contributed by atoms with E-state index in [0.717, 1.165) is 0 Å². The lowest BCUT2D eigenvalue weighted by atomic mass is 10.2. The minimum atomic E-state index is -0.138. The normalized spacial score (nSPS) is 10.0. The first-order chi connectivity index (χ1) is 6.76. The molecule has 0 amide bonds. The molecule has 0 spiro atoms. The number of ether oxygens (including phenoxy) is 1. The summed E-state index contributed by atoms with van der Waals surface area (Å²) in [5.74, 6) is 0.396. The van der Waals surface area contributed by atoms with E-state index in [1.807, 2.05) is 0 Å². The maximum absolute atomic E-state index is 9.54. The third-order valence-corrected chi connectivity index (χ3v) is 1.97. The third-order valence-electron chi connectivity index (χ3n) is 1.97. The van der Waals surface area contributed by atoms with E-state index in [1.165, 1.54) is 7.11 Å². The molecule has 0 saturated heterocycles. The molecule has 1 aromatic carbocycles. The number of furan rings is 1. The predicted octanol–water partition coefficient (Wildman–Crippen LogP) is 2.02. The molecular weight excluding hydrogens is 182 g/mol. The fraction of sp³-hybridized carbons (Fsp3) is 0.100. The van der Waals surface area contributed by atoms with E-state index in [2.05, 4.69) is 0 Å². The molecule has 0 aliphatic rings. The van der Waals surface area contributed by atoms with Gasteiger partial charge < -0.3 is 14.3 Å². The fourth-order valence-electron chi connectivity index (χ4n) is 1.27. The molecule has 0 bridgehead atoms. The Morgan fingerprint density at radius 1 is 1.50 bits per heavy atom. The van der Waals surface area contributed by atoms with Crippen molar-refractivity contribution >= 4 is 11.0 Å². The lowest BCUT2D eigenvalue weighted by Gasteiger charge is -1.97. The molecule has 4 heteroatoms. The maximum Gasteiger partial charge on any atom is 0.246 e. The lowest BCUT2D eigenvalue weighted by Crippen LogP contribution is -1.80. The van der Waals surface area contributed by atoms with Crippen LogP contribution >= 0.6 is 0 Å². The van der Waals surface area contributed by atoms with Crippen molar-refractivity contribution in [3.8, 4) is 17.6 Å². The number of nitriles is 1. The second kappa shape index (κ2) is 2.96. The van der Waals surface area contributed by atoms with Gasteiger partial charge in [-0.2, -0.15) is 5.26 Å². The van der Waals surface area contributed by atoms with Crippen LogP contribution in [0.15, 0.2) is 22.6 Å². The summed E-state index contributed by atoms with van der Waals surface area (Å²) in [6.45, 7) is 0. The molecule has 2 rings (SSSR count). The van der Waals surface area contributed by atoms with E-state index in [4.69, 9.17) is 14.4 Å². The zero-order chi connectivity index (χ0) is 10.1. The summed E-state index contributed by atoms with van der Waals surface area (Å²) in [6.07, 6.45) is 0. The second-order valence-electron chi connectivity index (χ2n) is 2.75. The zero-order valence-corrected chi connectivity index (χ0v) is 7.44. The minimum Gasteiger partial charge on any atom is -0.503 e. The van der Waals surface area contributed by atoms with Crippen LogP contribution < -0.4 is 4.74 Å². The molecule has 1 N–H and O–H groups in total. The average molecular weight is 189 g/mol. The van der Waals surface area contributed by atoms with Gasteiger partial charge in [0.15, 0.2) is 5.75 Å². The largest absolute Gasteiger partial charge is 0.503 e. The molecule has 1 aromatic heterocycles. The van der Waals surface area contributed by atoms with Gasteiger partial charge in [-0.1, -0.05) is 0 Å². The van der Waals surface area contributed by atoms with Gasteiger partial charge in [0.1, 0.15) is 17.4 Å². The van der Waals surface area contributed by atoms with E-state index in [1.54, 1.807) is 24.3 Å². The van der Waals surface area contributed by atoms with Crippen molar-refractivity contribution in [2.75, 3.05) is 7.11 Å². The standard InChI is InChI=1S/C10H7NO3/c1-13-6-2-3-8-7(4-6)10(12)9(5-11)14-8/h2-4,12H,1H3. The lowest BCUT2D eigenvalue weighted by molar-refractivity contribution is 0.415. The summed E-state index contributed by atoms with van der Waals surface area (Å²) in [7, 11) is 1.53. The predicted molar refractivity (Wildman–Crippen MR) is 49.1 cm³/mol. The van der Waals surface area contributed by atoms with Crippen molar-refractivity contribution in [3.63, 3.8) is 0 Å². The highest BCUT2D eigenvalue weighted by atomic mass is 16.5. The van der Waals surface area contributed by atoms with Crippen LogP contribution in [0.3, 0.4) is 0 Å². The van der Waals surface area contributed by atoms with Gasteiger partial charge in [-0.05, 0) is 18.2 Å². The smallest absolute Gasteiger partial charge is 0.246 e. The number of benzene rings is 1. The second-order valence-corrected chi connectivity index (χ2v) is 2.75. The Bertz CT molecular complexity index is 522. The molecule has 70 valence electrons. The topological polar surface area (TPSA) is 66.4 Å². The molecule has 0 atom stereocenters. The van der Waals surface area contributed by atoms with Gasteiger partial charge in [0.25, 0.3) is 0 Å². The van der Waals surface area contributed by atoms with Gasteiger partial charge in [0, 0.05) is 0 Å². The van der Waals surface area contributed by atoms with Crippen molar-refractivity contribution in [3.05, 3.63) is 24.0 Å². The van der Waals surface area contributed by atoms with Crippen molar-refractivity contribution in [2.45, 2.75) is 0 Å². The van der Waals surface area contributed by atoms with Gasteiger partial charge in [-0.15, -0.1) is 0 Å². The van der Waals surface area contributed by atoms with E-state index >= 15 is 0 Å². The van der Waals surface area contributed by atoms with Crippen LogP contribution in [0.4, 0.5) is 0 Å².